The number of benzene rings is 1. The summed E-state index contributed by atoms with van der Waals surface area (Å²) in [4.78, 5) is 0. The normalized spacial score (nSPS) is 16.4. The number of halogens is 1. The average Bonchev–Trinajstić information content (AvgIpc) is 2.62. The molecule has 0 amide bonds. The van der Waals surface area contributed by atoms with Crippen LogP contribution >= 0.6 is 15.9 Å². The van der Waals surface area contributed by atoms with Gasteiger partial charge >= 0.3 is 0 Å². The zero-order chi connectivity index (χ0) is 12.6. The van der Waals surface area contributed by atoms with Gasteiger partial charge in [0.05, 0.1) is 10.4 Å². The number of hydrogen-bond donors (Lipinski definition) is 1. The summed E-state index contributed by atoms with van der Waals surface area (Å²) in [5.74, 6) is 0. The molecule has 2 nitrogen and oxygen atoms in total. The maximum Gasteiger partial charge on any atom is 0.122 e. The Kier molecular flexibility index (Phi) is 3.46. The number of nitrogens with one attached hydrogen (secondary N) is 1. The molecule has 1 aromatic carbocycles. The topological polar surface area (TPSA) is 29.1 Å². The third-order valence-corrected chi connectivity index (χ3v) is 4.94. The molecule has 0 saturated carbocycles. The van der Waals surface area contributed by atoms with Crippen molar-refractivity contribution < 1.29 is 4.21 Å². The molecule has 0 fully saturated rings. The van der Waals surface area contributed by atoms with E-state index in [0.29, 0.717) is 0 Å². The van der Waals surface area contributed by atoms with Crippen LogP contribution in [-0.2, 0) is 17.4 Å². The molecule has 1 N–H and O–H groups in total. The van der Waals surface area contributed by atoms with Crippen LogP contribution in [0.25, 0.3) is 5.70 Å². The monoisotopic (exact) mass is 313 g/mol. The molecule has 0 aromatic heterocycles. The fraction of sp³-hybridized carbons (Fsp3) is 0.385. The maximum atomic E-state index is 12.1. The number of rotatable bonds is 2. The van der Waals surface area contributed by atoms with Crippen LogP contribution in [0.4, 0.5) is 0 Å². The highest BCUT2D eigenvalue weighted by Crippen LogP contribution is 2.31. The Labute approximate surface area is 113 Å². The van der Waals surface area contributed by atoms with Crippen molar-refractivity contribution in [1.82, 2.24) is 4.72 Å². The summed E-state index contributed by atoms with van der Waals surface area (Å²) < 4.78 is 16.0. The Morgan fingerprint density at radius 2 is 2.06 bits per heavy atom. The van der Waals surface area contributed by atoms with Gasteiger partial charge in [-0.1, -0.05) is 34.1 Å². The molecule has 0 saturated heterocycles. The van der Waals surface area contributed by atoms with Gasteiger partial charge in [-0.3, -0.25) is 0 Å². The first kappa shape index (κ1) is 12.8. The van der Waals surface area contributed by atoms with E-state index in [-0.39, 0.29) is 4.75 Å². The molecule has 0 unspecified atom stereocenters. The van der Waals surface area contributed by atoms with Crippen molar-refractivity contribution in [2.75, 3.05) is 0 Å². The lowest BCUT2D eigenvalue weighted by Crippen LogP contribution is -2.32. The molecular formula is C13H16BrNOS. The Hall–Kier alpha value is -0.610. The summed E-state index contributed by atoms with van der Waals surface area (Å²) >= 11 is 3.54. The fourth-order valence-corrected chi connectivity index (χ4v) is 2.91. The molecule has 1 aromatic rings. The Bertz CT molecular complexity index is 503. The van der Waals surface area contributed by atoms with Crippen molar-refractivity contribution in [2.24, 2.45) is 0 Å². The second kappa shape index (κ2) is 4.58. The van der Waals surface area contributed by atoms with Crippen molar-refractivity contribution in [1.29, 1.82) is 0 Å². The van der Waals surface area contributed by atoms with Crippen LogP contribution in [0.2, 0.25) is 0 Å². The Balaban J connectivity index is 2.24. The van der Waals surface area contributed by atoms with Crippen LogP contribution in [0.5, 0.6) is 0 Å². The molecule has 0 heterocycles. The van der Waals surface area contributed by atoms with Crippen molar-refractivity contribution in [3.8, 4) is 0 Å². The van der Waals surface area contributed by atoms with Gasteiger partial charge in [-0.15, -0.1) is 0 Å². The minimum atomic E-state index is -1.07. The quantitative estimate of drug-likeness (QED) is 0.891. The largest absolute Gasteiger partial charge is 0.304 e. The summed E-state index contributed by atoms with van der Waals surface area (Å²) in [6.45, 7) is 5.90. The van der Waals surface area contributed by atoms with Crippen molar-refractivity contribution >= 4 is 32.6 Å². The molecule has 0 aliphatic heterocycles. The Morgan fingerprint density at radius 3 is 2.71 bits per heavy atom. The lowest BCUT2D eigenvalue weighted by Gasteiger charge is -2.19. The smallest absolute Gasteiger partial charge is 0.122 e. The van der Waals surface area contributed by atoms with Crippen molar-refractivity contribution in [3.63, 3.8) is 0 Å². The molecule has 4 heteroatoms. The molecule has 17 heavy (non-hydrogen) atoms. The highest BCUT2D eigenvalue weighted by atomic mass is 79.9. The fourth-order valence-electron chi connectivity index (χ4n) is 1.68. The van der Waals surface area contributed by atoms with Gasteiger partial charge in [-0.2, -0.15) is 0 Å². The van der Waals surface area contributed by atoms with Gasteiger partial charge in [0.15, 0.2) is 0 Å². The summed E-state index contributed by atoms with van der Waals surface area (Å²) in [5.41, 5.74) is 3.40. The maximum absolute atomic E-state index is 12.1. The van der Waals surface area contributed by atoms with Crippen LogP contribution < -0.4 is 4.72 Å². The van der Waals surface area contributed by atoms with E-state index in [2.05, 4.69) is 32.8 Å². The first-order valence-electron chi connectivity index (χ1n) is 5.56. The SMILES string of the molecule is CC(C)(C)[S@](=O)NC1=CCc2c(Br)cccc21. The number of fused-ring (bicyclic) bond motifs is 1. The van der Waals surface area contributed by atoms with Crippen LogP contribution in [0, 0.1) is 0 Å². The van der Waals surface area contributed by atoms with E-state index in [1.54, 1.807) is 0 Å². The summed E-state index contributed by atoms with van der Waals surface area (Å²) in [7, 11) is -1.07. The standard InChI is InChI=1S/C13H16BrNOS/c1-13(2,3)17(16)15-12-8-7-9-10(12)5-4-6-11(9)14/h4-6,8,15H,7H2,1-3H3/t17-/m0/s1. The zero-order valence-electron chi connectivity index (χ0n) is 10.2. The highest BCUT2D eigenvalue weighted by molar-refractivity contribution is 9.10. The molecular weight excluding hydrogens is 298 g/mol. The predicted octanol–water partition coefficient (Wildman–Crippen LogP) is 3.40. The Morgan fingerprint density at radius 1 is 1.35 bits per heavy atom. The molecule has 1 aliphatic carbocycles. The first-order chi connectivity index (χ1) is 7.89. The second-order valence-electron chi connectivity index (χ2n) is 5.07. The average molecular weight is 314 g/mol. The van der Waals surface area contributed by atoms with Crippen LogP contribution in [0.1, 0.15) is 31.9 Å². The molecule has 1 aliphatic rings. The zero-order valence-corrected chi connectivity index (χ0v) is 12.6. The third-order valence-electron chi connectivity index (χ3n) is 2.68. The molecule has 92 valence electrons. The molecule has 0 radical (unpaired) electrons. The number of hydrogen-bond acceptors (Lipinski definition) is 1. The van der Waals surface area contributed by atoms with Crippen molar-refractivity contribution in [2.45, 2.75) is 31.9 Å². The van der Waals surface area contributed by atoms with E-state index >= 15 is 0 Å². The van der Waals surface area contributed by atoms with E-state index in [1.807, 2.05) is 32.9 Å². The van der Waals surface area contributed by atoms with Gasteiger partial charge in [0, 0.05) is 10.0 Å². The number of allylic oxidation sites excluding steroid dienone is 1. The van der Waals surface area contributed by atoms with E-state index in [0.717, 1.165) is 22.2 Å². The predicted molar refractivity (Wildman–Crippen MR) is 76.9 cm³/mol. The van der Waals surface area contributed by atoms with E-state index in [9.17, 15) is 4.21 Å². The van der Waals surface area contributed by atoms with Gasteiger partial charge in [0.1, 0.15) is 11.0 Å². The van der Waals surface area contributed by atoms with Gasteiger partial charge in [0.25, 0.3) is 0 Å². The molecule has 1 atom stereocenters. The minimum absolute atomic E-state index is 0.254. The van der Waals surface area contributed by atoms with E-state index in [1.165, 1.54) is 5.56 Å². The van der Waals surface area contributed by atoms with Crippen LogP contribution in [0.15, 0.2) is 28.7 Å². The third kappa shape index (κ3) is 2.63. The second-order valence-corrected chi connectivity index (χ2v) is 7.89. The lowest BCUT2D eigenvalue weighted by atomic mass is 10.1. The van der Waals surface area contributed by atoms with Crippen LogP contribution in [0.3, 0.4) is 0 Å². The van der Waals surface area contributed by atoms with E-state index in [4.69, 9.17) is 0 Å². The molecule has 0 bridgehead atoms. The van der Waals surface area contributed by atoms with Crippen molar-refractivity contribution in [3.05, 3.63) is 39.9 Å². The van der Waals surface area contributed by atoms with E-state index < -0.39 is 11.0 Å². The minimum Gasteiger partial charge on any atom is -0.304 e. The van der Waals surface area contributed by atoms with Gasteiger partial charge in [0.2, 0.25) is 0 Å². The lowest BCUT2D eigenvalue weighted by molar-refractivity contribution is 0.645. The highest BCUT2D eigenvalue weighted by Gasteiger charge is 2.23. The summed E-state index contributed by atoms with van der Waals surface area (Å²) in [6, 6.07) is 6.10. The first-order valence-corrected chi connectivity index (χ1v) is 7.50. The molecule has 0 spiro atoms. The van der Waals surface area contributed by atoms with Gasteiger partial charge < -0.3 is 4.72 Å². The van der Waals surface area contributed by atoms with Crippen LogP contribution in [-0.4, -0.2) is 8.96 Å². The molecule has 2 rings (SSSR count). The van der Waals surface area contributed by atoms with Gasteiger partial charge in [-0.05, 0) is 38.8 Å². The van der Waals surface area contributed by atoms with Gasteiger partial charge in [-0.25, -0.2) is 4.21 Å². The summed E-state index contributed by atoms with van der Waals surface area (Å²) in [5, 5.41) is 0. The summed E-state index contributed by atoms with van der Waals surface area (Å²) in [6.07, 6.45) is 2.99.